The predicted molar refractivity (Wildman–Crippen MR) is 118 cm³/mol. The van der Waals surface area contributed by atoms with E-state index < -0.39 is 16.1 Å². The van der Waals surface area contributed by atoms with Crippen LogP contribution < -0.4 is 14.4 Å². The number of sulfonamides is 1. The van der Waals surface area contributed by atoms with Crippen molar-refractivity contribution in [1.82, 2.24) is 5.32 Å². The van der Waals surface area contributed by atoms with E-state index in [9.17, 15) is 13.2 Å². The molecule has 2 atom stereocenters. The van der Waals surface area contributed by atoms with Gasteiger partial charge >= 0.3 is 0 Å². The Balaban J connectivity index is 2.08. The minimum absolute atomic E-state index is 0.0232. The van der Waals surface area contributed by atoms with Crippen LogP contribution in [0.4, 0.5) is 5.69 Å². The molecule has 0 radical (unpaired) electrons. The van der Waals surface area contributed by atoms with Gasteiger partial charge in [0.05, 0.1) is 17.1 Å². The molecule has 3 rings (SSSR count). The number of amides is 1. The van der Waals surface area contributed by atoms with Gasteiger partial charge in [-0.2, -0.15) is 0 Å². The number of ether oxygens (including phenoxy) is 1. The summed E-state index contributed by atoms with van der Waals surface area (Å²) in [5.41, 5.74) is 1.28. The molecule has 0 fully saturated rings. The molecule has 0 saturated heterocycles. The summed E-state index contributed by atoms with van der Waals surface area (Å²) in [6, 6.07) is 13.8. The van der Waals surface area contributed by atoms with Crippen LogP contribution in [0, 0.1) is 0 Å². The van der Waals surface area contributed by atoms with Gasteiger partial charge in [0.1, 0.15) is 5.75 Å². The molecule has 0 bridgehead atoms. The molecule has 2 unspecified atom stereocenters. The third kappa shape index (κ3) is 4.46. The van der Waals surface area contributed by atoms with Crippen LogP contribution in [0.1, 0.15) is 46.6 Å². The first-order valence-corrected chi connectivity index (χ1v) is 11.7. The molecule has 0 saturated carbocycles. The van der Waals surface area contributed by atoms with Gasteiger partial charge in [-0.3, -0.25) is 9.10 Å². The Morgan fingerprint density at radius 3 is 2.47 bits per heavy atom. The summed E-state index contributed by atoms with van der Waals surface area (Å²) in [4.78, 5) is 12.9. The molecule has 0 aliphatic carbocycles. The zero-order valence-corrected chi connectivity index (χ0v) is 19.0. The first-order valence-electron chi connectivity index (χ1n) is 10.2. The summed E-state index contributed by atoms with van der Waals surface area (Å²) >= 11 is 0. The fourth-order valence-corrected chi connectivity index (χ4v) is 4.73. The average Bonchev–Trinajstić information content (AvgIpc) is 2.72. The van der Waals surface area contributed by atoms with Crippen molar-refractivity contribution < 1.29 is 17.9 Å². The second-order valence-electron chi connectivity index (χ2n) is 8.71. The summed E-state index contributed by atoms with van der Waals surface area (Å²) in [5, 5.41) is 2.89. The number of hydrogen-bond acceptors (Lipinski definition) is 4. The summed E-state index contributed by atoms with van der Waals surface area (Å²) in [6.07, 6.45) is -0.152. The van der Waals surface area contributed by atoms with Crippen LogP contribution in [0.25, 0.3) is 0 Å². The summed E-state index contributed by atoms with van der Waals surface area (Å²) in [7, 11) is -3.86. The van der Waals surface area contributed by atoms with E-state index in [1.165, 1.54) is 4.31 Å². The lowest BCUT2D eigenvalue weighted by Gasteiger charge is -2.36. The predicted octanol–water partition coefficient (Wildman–Crippen LogP) is 3.86. The molecule has 2 aromatic rings. The Kier molecular flexibility index (Phi) is 6.13. The number of carbonyl (C=O) groups excluding carboxylic acids is 1. The fraction of sp³-hybridized carbons (Fsp3) is 0.435. The molecular weight excluding hydrogens is 400 g/mol. The lowest BCUT2D eigenvalue weighted by atomic mass is 9.86. The Morgan fingerprint density at radius 2 is 1.87 bits per heavy atom. The van der Waals surface area contributed by atoms with Gasteiger partial charge < -0.3 is 10.1 Å². The number of carbonyl (C=O) groups is 1. The maximum absolute atomic E-state index is 13.5. The maximum Gasteiger partial charge on any atom is 0.264 e. The summed E-state index contributed by atoms with van der Waals surface area (Å²) in [5.74, 6) is 0.0706. The zero-order chi connectivity index (χ0) is 22.1. The smallest absolute Gasteiger partial charge is 0.264 e. The van der Waals surface area contributed by atoms with Crippen molar-refractivity contribution >= 4 is 21.6 Å². The van der Waals surface area contributed by atoms with Crippen LogP contribution >= 0.6 is 0 Å². The zero-order valence-electron chi connectivity index (χ0n) is 18.2. The van der Waals surface area contributed by atoms with E-state index in [-0.39, 0.29) is 28.8 Å². The normalized spacial score (nSPS) is 17.6. The van der Waals surface area contributed by atoms with Crippen molar-refractivity contribution in [2.75, 3.05) is 10.8 Å². The monoisotopic (exact) mass is 430 g/mol. The Hall–Kier alpha value is -2.54. The average molecular weight is 431 g/mol. The van der Waals surface area contributed by atoms with Crippen molar-refractivity contribution in [3.05, 3.63) is 54.1 Å². The van der Waals surface area contributed by atoms with Crippen LogP contribution in [0.15, 0.2) is 53.4 Å². The van der Waals surface area contributed by atoms with Crippen molar-refractivity contribution in [3.63, 3.8) is 0 Å². The molecule has 7 heteroatoms. The minimum atomic E-state index is -3.86. The van der Waals surface area contributed by atoms with Gasteiger partial charge in [-0.05, 0) is 48.6 Å². The van der Waals surface area contributed by atoms with Crippen molar-refractivity contribution in [1.29, 1.82) is 0 Å². The molecular formula is C23H30N2O4S. The molecule has 1 aliphatic heterocycles. The van der Waals surface area contributed by atoms with Crippen molar-refractivity contribution in [3.8, 4) is 5.75 Å². The van der Waals surface area contributed by atoms with Gasteiger partial charge in [-0.1, -0.05) is 52.0 Å². The molecule has 1 amide bonds. The quantitative estimate of drug-likeness (QED) is 0.782. The molecule has 6 nitrogen and oxygen atoms in total. The Labute approximate surface area is 179 Å². The number of rotatable bonds is 5. The number of nitrogens with one attached hydrogen (secondary N) is 1. The molecule has 0 aromatic heterocycles. The molecule has 0 spiro atoms. The molecule has 1 aliphatic rings. The highest BCUT2D eigenvalue weighted by atomic mass is 32.2. The van der Waals surface area contributed by atoms with E-state index in [1.807, 2.05) is 26.0 Å². The lowest BCUT2D eigenvalue weighted by Crippen LogP contribution is -2.52. The van der Waals surface area contributed by atoms with Crippen molar-refractivity contribution in [2.24, 2.45) is 0 Å². The summed E-state index contributed by atoms with van der Waals surface area (Å²) in [6.45, 7) is 10.00. The fourth-order valence-electron chi connectivity index (χ4n) is 3.24. The van der Waals surface area contributed by atoms with E-state index in [1.54, 1.807) is 36.4 Å². The second kappa shape index (κ2) is 8.30. The number of hydrogen-bond donors (Lipinski definition) is 1. The number of benzene rings is 2. The topological polar surface area (TPSA) is 75.7 Å². The molecule has 30 heavy (non-hydrogen) atoms. The molecule has 1 N–H and O–H groups in total. The van der Waals surface area contributed by atoms with Gasteiger partial charge in [0.15, 0.2) is 6.10 Å². The lowest BCUT2D eigenvalue weighted by molar-refractivity contribution is -0.128. The van der Waals surface area contributed by atoms with Crippen LogP contribution in [0.5, 0.6) is 5.75 Å². The Morgan fingerprint density at radius 1 is 1.20 bits per heavy atom. The van der Waals surface area contributed by atoms with Crippen LogP contribution in [-0.4, -0.2) is 33.0 Å². The van der Waals surface area contributed by atoms with Gasteiger partial charge in [0.25, 0.3) is 15.9 Å². The van der Waals surface area contributed by atoms with Gasteiger partial charge in [0.2, 0.25) is 0 Å². The van der Waals surface area contributed by atoms with Crippen LogP contribution in [-0.2, 0) is 20.2 Å². The van der Waals surface area contributed by atoms with Crippen molar-refractivity contribution in [2.45, 2.75) is 63.5 Å². The van der Waals surface area contributed by atoms with Gasteiger partial charge in [0, 0.05) is 6.04 Å². The number of nitrogens with zero attached hydrogens (tertiary/aromatic N) is 1. The van der Waals surface area contributed by atoms with E-state index >= 15 is 0 Å². The van der Waals surface area contributed by atoms with E-state index in [2.05, 4.69) is 26.1 Å². The highest BCUT2D eigenvalue weighted by molar-refractivity contribution is 7.92. The third-order valence-electron chi connectivity index (χ3n) is 5.32. The van der Waals surface area contributed by atoms with Crippen LogP contribution in [0.2, 0.25) is 0 Å². The highest BCUT2D eigenvalue weighted by Gasteiger charge is 2.38. The SMILES string of the molecule is CCC(C)NC(=O)C1CN(S(=O)(=O)c2ccccc2)c2cc(C(C)(C)C)ccc2O1. The van der Waals surface area contributed by atoms with Crippen LogP contribution in [0.3, 0.4) is 0 Å². The van der Waals surface area contributed by atoms with Gasteiger partial charge in [-0.25, -0.2) is 8.42 Å². The molecule has 162 valence electrons. The third-order valence-corrected chi connectivity index (χ3v) is 7.11. The van der Waals surface area contributed by atoms with Gasteiger partial charge in [-0.15, -0.1) is 0 Å². The second-order valence-corrected chi connectivity index (χ2v) is 10.6. The first kappa shape index (κ1) is 22.2. The largest absolute Gasteiger partial charge is 0.476 e. The first-order chi connectivity index (χ1) is 14.0. The van der Waals surface area contributed by atoms with E-state index in [0.29, 0.717) is 11.4 Å². The standard InChI is InChI=1S/C23H30N2O4S/c1-6-16(2)24-22(26)21-15-25(30(27,28)18-10-8-7-9-11-18)19-14-17(23(3,4)5)12-13-20(19)29-21/h7-14,16,21H,6,15H2,1-5H3,(H,24,26). The van der Waals surface area contributed by atoms with E-state index in [4.69, 9.17) is 4.74 Å². The van der Waals surface area contributed by atoms with E-state index in [0.717, 1.165) is 12.0 Å². The minimum Gasteiger partial charge on any atom is -0.476 e. The highest BCUT2D eigenvalue weighted by Crippen LogP contribution is 2.40. The Bertz CT molecular complexity index is 1010. The molecule has 2 aromatic carbocycles. The maximum atomic E-state index is 13.5. The summed E-state index contributed by atoms with van der Waals surface area (Å²) < 4.78 is 34.2. The number of fused-ring (bicyclic) bond motifs is 1. The molecule has 1 heterocycles. The number of anilines is 1.